The number of benzene rings is 1. The van der Waals surface area contributed by atoms with Gasteiger partial charge in [0.15, 0.2) is 11.7 Å². The number of amidine groups is 2. The van der Waals surface area contributed by atoms with Gasteiger partial charge in [-0.15, -0.1) is 15.7 Å². The van der Waals surface area contributed by atoms with Crippen molar-refractivity contribution < 1.29 is 4.74 Å². The summed E-state index contributed by atoms with van der Waals surface area (Å²) in [5.41, 5.74) is 6.79. The van der Waals surface area contributed by atoms with Crippen molar-refractivity contribution in [2.75, 3.05) is 19.8 Å². The largest absolute Gasteiger partial charge is 0.377 e. The van der Waals surface area contributed by atoms with Crippen LogP contribution in [0.1, 0.15) is 11.6 Å². The highest BCUT2D eigenvalue weighted by Gasteiger charge is 2.29. The summed E-state index contributed by atoms with van der Waals surface area (Å²) in [6, 6.07) is 10.6. The van der Waals surface area contributed by atoms with Crippen LogP contribution < -0.4 is 11.1 Å². The second kappa shape index (κ2) is 5.19. The van der Waals surface area contributed by atoms with Gasteiger partial charge in [0.25, 0.3) is 0 Å². The third-order valence-corrected chi connectivity index (χ3v) is 3.73. The molecule has 3 aliphatic heterocycles. The third kappa shape index (κ3) is 2.26. The van der Waals surface area contributed by atoms with Gasteiger partial charge < -0.3 is 9.64 Å². The molecule has 1 aromatic rings. The lowest BCUT2D eigenvalue weighted by atomic mass is 10.0. The van der Waals surface area contributed by atoms with E-state index in [2.05, 4.69) is 50.4 Å². The smallest absolute Gasteiger partial charge is 0.189 e. The highest BCUT2D eigenvalue weighted by atomic mass is 16.5. The number of hydrazone groups is 2. The van der Waals surface area contributed by atoms with Crippen LogP contribution in [-0.2, 0) is 4.74 Å². The summed E-state index contributed by atoms with van der Waals surface area (Å²) in [5.74, 6) is 1.66. The molecule has 108 valence electrons. The molecule has 21 heavy (non-hydrogen) atoms. The number of fused-ring (bicyclic) bond motifs is 1. The van der Waals surface area contributed by atoms with Gasteiger partial charge >= 0.3 is 0 Å². The van der Waals surface area contributed by atoms with Gasteiger partial charge in [-0.25, -0.2) is 5.53 Å². The van der Waals surface area contributed by atoms with Crippen molar-refractivity contribution >= 4 is 11.7 Å². The molecule has 1 aromatic carbocycles. The fourth-order valence-corrected chi connectivity index (χ4v) is 2.69. The Balaban J connectivity index is 1.63. The molecule has 7 nitrogen and oxygen atoms in total. The van der Waals surface area contributed by atoms with Crippen LogP contribution in [0.25, 0.3) is 0 Å². The molecule has 0 spiro atoms. The van der Waals surface area contributed by atoms with Gasteiger partial charge in [0.1, 0.15) is 0 Å². The summed E-state index contributed by atoms with van der Waals surface area (Å²) < 4.78 is 5.66. The summed E-state index contributed by atoms with van der Waals surface area (Å²) in [6.07, 6.45) is 3.93. The van der Waals surface area contributed by atoms with E-state index in [1.807, 2.05) is 18.2 Å². The molecule has 1 atom stereocenters. The van der Waals surface area contributed by atoms with Crippen molar-refractivity contribution in [2.45, 2.75) is 6.04 Å². The Bertz CT molecular complexity index is 611. The monoisotopic (exact) mass is 284 g/mol. The molecule has 0 amide bonds. The molecule has 7 heteroatoms. The van der Waals surface area contributed by atoms with Gasteiger partial charge in [0.2, 0.25) is 0 Å². The number of nitrogens with one attached hydrogen (secondary N) is 2. The molecular formula is C14H16N6O. The zero-order valence-electron chi connectivity index (χ0n) is 11.4. The van der Waals surface area contributed by atoms with E-state index in [0.29, 0.717) is 13.2 Å². The van der Waals surface area contributed by atoms with Gasteiger partial charge in [0, 0.05) is 6.54 Å². The molecular weight excluding hydrogens is 268 g/mol. The van der Waals surface area contributed by atoms with Crippen LogP contribution in [0, 0.1) is 0 Å². The number of hydrazine groups is 2. The van der Waals surface area contributed by atoms with Crippen LogP contribution in [0.4, 0.5) is 0 Å². The van der Waals surface area contributed by atoms with Crippen LogP contribution in [-0.4, -0.2) is 41.4 Å². The Hall–Kier alpha value is -2.38. The highest BCUT2D eigenvalue weighted by molar-refractivity contribution is 6.05. The summed E-state index contributed by atoms with van der Waals surface area (Å²) >= 11 is 0. The van der Waals surface area contributed by atoms with Crippen molar-refractivity contribution in [1.82, 2.24) is 21.1 Å². The quantitative estimate of drug-likeness (QED) is 0.790. The van der Waals surface area contributed by atoms with Crippen LogP contribution >= 0.6 is 0 Å². The first kappa shape index (κ1) is 12.4. The fraction of sp³-hybridized carbons (Fsp3) is 0.286. The standard InChI is InChI=1S/C14H16N6O/c1-2-4-11(5-3-1)12-10-21-9-8-19(12)14-7-6-13-15-17-18-20(13)16-14/h1-7,12,17-18H,8-10H2. The predicted molar refractivity (Wildman–Crippen MR) is 78.8 cm³/mol. The SMILES string of the molecule is C1=CC(N2CCOCC2c2ccccc2)=NN2NNN=C12. The molecule has 0 aliphatic carbocycles. The van der Waals surface area contributed by atoms with Gasteiger partial charge in [-0.2, -0.15) is 5.12 Å². The van der Waals surface area contributed by atoms with Crippen molar-refractivity contribution in [3.05, 3.63) is 48.0 Å². The Morgan fingerprint density at radius 2 is 2.00 bits per heavy atom. The second-order valence-electron chi connectivity index (χ2n) is 4.99. The third-order valence-electron chi connectivity index (χ3n) is 3.73. The number of ether oxygens (including phenoxy) is 1. The number of nitrogens with zero attached hydrogens (tertiary/aromatic N) is 4. The summed E-state index contributed by atoms with van der Waals surface area (Å²) in [6.45, 7) is 2.20. The van der Waals surface area contributed by atoms with Crippen LogP contribution in [0.2, 0.25) is 0 Å². The van der Waals surface area contributed by atoms with E-state index >= 15 is 0 Å². The van der Waals surface area contributed by atoms with Gasteiger partial charge in [-0.3, -0.25) is 0 Å². The van der Waals surface area contributed by atoms with E-state index in [9.17, 15) is 0 Å². The average molecular weight is 284 g/mol. The van der Waals surface area contributed by atoms with Crippen molar-refractivity contribution in [3.63, 3.8) is 0 Å². The Morgan fingerprint density at radius 3 is 2.90 bits per heavy atom. The molecule has 0 bridgehead atoms. The molecule has 3 aliphatic rings. The molecule has 3 heterocycles. The highest BCUT2D eigenvalue weighted by Crippen LogP contribution is 2.25. The minimum atomic E-state index is 0.178. The van der Waals surface area contributed by atoms with Gasteiger partial charge in [-0.05, 0) is 17.7 Å². The zero-order valence-corrected chi connectivity index (χ0v) is 11.4. The number of rotatable bonds is 1. The lowest BCUT2D eigenvalue weighted by Gasteiger charge is -2.38. The van der Waals surface area contributed by atoms with Gasteiger partial charge in [-0.1, -0.05) is 30.3 Å². The predicted octanol–water partition coefficient (Wildman–Crippen LogP) is 0.582. The van der Waals surface area contributed by atoms with Crippen molar-refractivity contribution in [3.8, 4) is 0 Å². The number of hydrogen-bond acceptors (Lipinski definition) is 7. The summed E-state index contributed by atoms with van der Waals surface area (Å²) in [4.78, 5) is 2.27. The minimum Gasteiger partial charge on any atom is -0.377 e. The Labute approximate surface area is 122 Å². The summed E-state index contributed by atoms with van der Waals surface area (Å²) in [5, 5.41) is 10.3. The first-order chi connectivity index (χ1) is 10.4. The minimum absolute atomic E-state index is 0.178. The summed E-state index contributed by atoms with van der Waals surface area (Å²) in [7, 11) is 0. The zero-order chi connectivity index (χ0) is 14.1. The maximum absolute atomic E-state index is 5.66. The second-order valence-corrected chi connectivity index (χ2v) is 4.99. The topological polar surface area (TPSA) is 64.5 Å². The van der Waals surface area contributed by atoms with Crippen LogP contribution in [0.5, 0.6) is 0 Å². The molecule has 0 saturated carbocycles. The molecule has 1 fully saturated rings. The first-order valence-corrected chi connectivity index (χ1v) is 6.96. The van der Waals surface area contributed by atoms with Crippen molar-refractivity contribution in [1.29, 1.82) is 0 Å². The first-order valence-electron chi connectivity index (χ1n) is 6.96. The Kier molecular flexibility index (Phi) is 3.06. The fourth-order valence-electron chi connectivity index (χ4n) is 2.69. The van der Waals surface area contributed by atoms with Crippen molar-refractivity contribution in [2.24, 2.45) is 10.2 Å². The molecule has 2 N–H and O–H groups in total. The molecule has 0 radical (unpaired) electrons. The lowest BCUT2D eigenvalue weighted by Crippen LogP contribution is -2.46. The Morgan fingerprint density at radius 1 is 1.14 bits per heavy atom. The number of hydrogen-bond donors (Lipinski definition) is 2. The van der Waals surface area contributed by atoms with Crippen LogP contribution in [0.3, 0.4) is 0 Å². The molecule has 4 rings (SSSR count). The van der Waals surface area contributed by atoms with Crippen LogP contribution in [0.15, 0.2) is 52.7 Å². The molecule has 0 aromatic heterocycles. The lowest BCUT2D eigenvalue weighted by molar-refractivity contribution is 0.0253. The number of morpholine rings is 1. The van der Waals surface area contributed by atoms with E-state index in [1.54, 1.807) is 5.12 Å². The maximum atomic E-state index is 5.66. The molecule has 1 unspecified atom stereocenters. The van der Waals surface area contributed by atoms with E-state index in [1.165, 1.54) is 5.56 Å². The van der Waals surface area contributed by atoms with E-state index in [-0.39, 0.29) is 6.04 Å². The molecule has 1 saturated heterocycles. The van der Waals surface area contributed by atoms with E-state index in [0.717, 1.165) is 18.2 Å². The normalized spacial score (nSPS) is 24.3. The maximum Gasteiger partial charge on any atom is 0.189 e. The van der Waals surface area contributed by atoms with E-state index in [4.69, 9.17) is 4.74 Å². The van der Waals surface area contributed by atoms with Gasteiger partial charge in [0.05, 0.1) is 19.3 Å². The van der Waals surface area contributed by atoms with E-state index < -0.39 is 0 Å². The average Bonchev–Trinajstić information content (AvgIpc) is 3.03.